The van der Waals surface area contributed by atoms with Crippen LogP contribution in [-0.2, 0) is 0 Å². The van der Waals surface area contributed by atoms with Crippen molar-refractivity contribution in [2.75, 3.05) is 6.54 Å². The lowest BCUT2D eigenvalue weighted by molar-refractivity contribution is 0.170. The van der Waals surface area contributed by atoms with Crippen molar-refractivity contribution in [1.82, 2.24) is 0 Å². The number of hydrogen-bond acceptors (Lipinski definition) is 2. The van der Waals surface area contributed by atoms with Crippen LogP contribution in [0.1, 0.15) is 18.1 Å². The van der Waals surface area contributed by atoms with Gasteiger partial charge in [-0.2, -0.15) is 0 Å². The summed E-state index contributed by atoms with van der Waals surface area (Å²) in [5.41, 5.74) is 6.32. The molecule has 0 bridgehead atoms. The molecule has 3 N–H and O–H groups in total. The Morgan fingerprint density at radius 2 is 1.81 bits per heavy atom. The van der Waals surface area contributed by atoms with E-state index in [0.29, 0.717) is 13.0 Å². The van der Waals surface area contributed by atoms with E-state index in [1.165, 1.54) is 0 Å². The maximum atomic E-state index is 9.83. The second-order valence-corrected chi connectivity index (χ2v) is 4.28. The maximum absolute atomic E-state index is 9.83. The minimum Gasteiger partial charge on any atom is -0.388 e. The summed E-state index contributed by atoms with van der Waals surface area (Å²) in [5.74, 6) is 0. The standard InChI is InChI=1S/C13H14ClNO/c14-12-4-3-9-7-11(13(16)5-6-15)2-1-10(9)8-12/h1-4,7-8,13,16H,5-6,15H2. The average Bonchev–Trinajstić information content (AvgIpc) is 2.28. The highest BCUT2D eigenvalue weighted by atomic mass is 35.5. The van der Waals surface area contributed by atoms with Crippen LogP contribution in [0.15, 0.2) is 36.4 Å². The Morgan fingerprint density at radius 3 is 2.56 bits per heavy atom. The van der Waals surface area contributed by atoms with Crippen molar-refractivity contribution < 1.29 is 5.11 Å². The van der Waals surface area contributed by atoms with Crippen LogP contribution < -0.4 is 5.73 Å². The molecule has 0 heterocycles. The van der Waals surface area contributed by atoms with Crippen molar-refractivity contribution in [3.63, 3.8) is 0 Å². The van der Waals surface area contributed by atoms with Gasteiger partial charge in [-0.05, 0) is 47.5 Å². The lowest BCUT2D eigenvalue weighted by Gasteiger charge is -2.10. The smallest absolute Gasteiger partial charge is 0.0802 e. The van der Waals surface area contributed by atoms with Gasteiger partial charge in [0.15, 0.2) is 0 Å². The highest BCUT2D eigenvalue weighted by Gasteiger charge is 2.06. The summed E-state index contributed by atoms with van der Waals surface area (Å²) in [5, 5.41) is 12.7. The van der Waals surface area contributed by atoms with Gasteiger partial charge in [0.05, 0.1) is 6.10 Å². The van der Waals surface area contributed by atoms with Gasteiger partial charge in [-0.15, -0.1) is 0 Å². The lowest BCUT2D eigenvalue weighted by atomic mass is 10.0. The molecule has 0 saturated carbocycles. The SMILES string of the molecule is NCCC(O)c1ccc2cc(Cl)ccc2c1. The third-order valence-corrected chi connectivity index (χ3v) is 2.89. The zero-order chi connectivity index (χ0) is 11.5. The minimum absolute atomic E-state index is 0.481. The molecule has 1 atom stereocenters. The zero-order valence-electron chi connectivity index (χ0n) is 8.86. The molecule has 2 nitrogen and oxygen atoms in total. The van der Waals surface area contributed by atoms with Crippen LogP contribution in [0, 0.1) is 0 Å². The molecule has 0 spiro atoms. The summed E-state index contributed by atoms with van der Waals surface area (Å²) in [6.07, 6.45) is 0.101. The molecule has 0 amide bonds. The quantitative estimate of drug-likeness (QED) is 0.860. The van der Waals surface area contributed by atoms with Gasteiger partial charge < -0.3 is 10.8 Å². The third kappa shape index (κ3) is 2.35. The number of halogens is 1. The van der Waals surface area contributed by atoms with Gasteiger partial charge in [-0.1, -0.05) is 29.8 Å². The molecule has 3 heteroatoms. The predicted octanol–water partition coefficient (Wildman–Crippen LogP) is 2.88. The van der Waals surface area contributed by atoms with Crippen LogP contribution in [-0.4, -0.2) is 11.7 Å². The fraction of sp³-hybridized carbons (Fsp3) is 0.231. The van der Waals surface area contributed by atoms with Crippen molar-refractivity contribution in [1.29, 1.82) is 0 Å². The van der Waals surface area contributed by atoms with Gasteiger partial charge in [0.1, 0.15) is 0 Å². The topological polar surface area (TPSA) is 46.2 Å². The summed E-state index contributed by atoms with van der Waals surface area (Å²) in [6, 6.07) is 11.6. The van der Waals surface area contributed by atoms with Gasteiger partial charge in [0.2, 0.25) is 0 Å². The Morgan fingerprint density at radius 1 is 1.12 bits per heavy atom. The minimum atomic E-state index is -0.481. The molecule has 2 aromatic carbocycles. The van der Waals surface area contributed by atoms with Crippen LogP contribution in [0.3, 0.4) is 0 Å². The van der Waals surface area contributed by atoms with E-state index < -0.39 is 6.10 Å². The van der Waals surface area contributed by atoms with Crippen LogP contribution in [0.25, 0.3) is 10.8 Å². The third-order valence-electron chi connectivity index (χ3n) is 2.65. The molecule has 0 aliphatic rings. The number of aliphatic hydroxyl groups excluding tert-OH is 1. The molecule has 0 fully saturated rings. The second-order valence-electron chi connectivity index (χ2n) is 3.84. The summed E-state index contributed by atoms with van der Waals surface area (Å²) < 4.78 is 0. The van der Waals surface area contributed by atoms with E-state index >= 15 is 0 Å². The van der Waals surface area contributed by atoms with E-state index in [2.05, 4.69) is 0 Å². The van der Waals surface area contributed by atoms with Crippen molar-refractivity contribution in [2.45, 2.75) is 12.5 Å². The van der Waals surface area contributed by atoms with E-state index in [1.54, 1.807) is 0 Å². The van der Waals surface area contributed by atoms with Crippen LogP contribution in [0.2, 0.25) is 5.02 Å². The number of benzene rings is 2. The van der Waals surface area contributed by atoms with E-state index in [9.17, 15) is 5.11 Å². The number of rotatable bonds is 3. The molecule has 0 aromatic heterocycles. The molecule has 0 aliphatic heterocycles. The molecule has 2 rings (SSSR count). The zero-order valence-corrected chi connectivity index (χ0v) is 9.61. The largest absolute Gasteiger partial charge is 0.388 e. The predicted molar refractivity (Wildman–Crippen MR) is 67.6 cm³/mol. The Balaban J connectivity index is 2.40. The van der Waals surface area contributed by atoms with E-state index in [4.69, 9.17) is 17.3 Å². The molecular formula is C13H14ClNO. The fourth-order valence-electron chi connectivity index (χ4n) is 1.77. The Kier molecular flexibility index (Phi) is 3.44. The first kappa shape index (κ1) is 11.4. The van der Waals surface area contributed by atoms with Crippen molar-refractivity contribution in [3.8, 4) is 0 Å². The normalized spacial score (nSPS) is 12.9. The Bertz CT molecular complexity index is 498. The first-order valence-corrected chi connectivity index (χ1v) is 5.66. The summed E-state index contributed by atoms with van der Waals surface area (Å²) >= 11 is 5.90. The van der Waals surface area contributed by atoms with Crippen molar-refractivity contribution in [2.24, 2.45) is 5.73 Å². The molecular weight excluding hydrogens is 222 g/mol. The number of aliphatic hydroxyl groups is 1. The molecule has 84 valence electrons. The van der Waals surface area contributed by atoms with Crippen molar-refractivity contribution in [3.05, 3.63) is 47.0 Å². The first-order chi connectivity index (χ1) is 7.70. The number of fused-ring (bicyclic) bond motifs is 1. The monoisotopic (exact) mass is 235 g/mol. The second kappa shape index (κ2) is 4.83. The van der Waals surface area contributed by atoms with Crippen LogP contribution in [0.5, 0.6) is 0 Å². The Labute approximate surface area is 99.6 Å². The Hall–Kier alpha value is -1.09. The van der Waals surface area contributed by atoms with Gasteiger partial charge in [-0.3, -0.25) is 0 Å². The van der Waals surface area contributed by atoms with Crippen molar-refractivity contribution >= 4 is 22.4 Å². The highest BCUT2D eigenvalue weighted by Crippen LogP contribution is 2.24. The molecule has 2 aromatic rings. The van der Waals surface area contributed by atoms with Crippen LogP contribution >= 0.6 is 11.6 Å². The van der Waals surface area contributed by atoms with E-state index in [1.807, 2.05) is 36.4 Å². The van der Waals surface area contributed by atoms with Gasteiger partial charge in [-0.25, -0.2) is 0 Å². The van der Waals surface area contributed by atoms with Crippen LogP contribution in [0.4, 0.5) is 0 Å². The molecule has 0 saturated heterocycles. The lowest BCUT2D eigenvalue weighted by Crippen LogP contribution is -2.06. The van der Waals surface area contributed by atoms with Gasteiger partial charge in [0.25, 0.3) is 0 Å². The summed E-state index contributed by atoms with van der Waals surface area (Å²) in [6.45, 7) is 0.486. The maximum Gasteiger partial charge on any atom is 0.0802 e. The van der Waals surface area contributed by atoms with E-state index in [-0.39, 0.29) is 0 Å². The van der Waals surface area contributed by atoms with Gasteiger partial charge in [0, 0.05) is 5.02 Å². The van der Waals surface area contributed by atoms with Gasteiger partial charge >= 0.3 is 0 Å². The van der Waals surface area contributed by atoms with E-state index in [0.717, 1.165) is 21.4 Å². The average molecular weight is 236 g/mol. The number of hydrogen-bond donors (Lipinski definition) is 2. The molecule has 16 heavy (non-hydrogen) atoms. The molecule has 1 unspecified atom stereocenters. The number of nitrogens with two attached hydrogens (primary N) is 1. The summed E-state index contributed by atoms with van der Waals surface area (Å²) in [4.78, 5) is 0. The summed E-state index contributed by atoms with van der Waals surface area (Å²) in [7, 11) is 0. The fourth-order valence-corrected chi connectivity index (χ4v) is 1.95. The molecule has 0 aliphatic carbocycles. The molecule has 0 radical (unpaired) electrons. The first-order valence-electron chi connectivity index (χ1n) is 5.28. The highest BCUT2D eigenvalue weighted by molar-refractivity contribution is 6.31.